The first kappa shape index (κ1) is 20.8. The van der Waals surface area contributed by atoms with Crippen molar-refractivity contribution < 1.29 is 19.0 Å². The molecule has 1 N–H and O–H groups in total. The highest BCUT2D eigenvalue weighted by atomic mass is 16.5. The fourth-order valence-corrected chi connectivity index (χ4v) is 2.45. The molecule has 0 aromatic heterocycles. The largest absolute Gasteiger partial charge is 0.493 e. The van der Waals surface area contributed by atoms with Crippen molar-refractivity contribution in [3.8, 4) is 17.2 Å². The van der Waals surface area contributed by atoms with Crippen LogP contribution in [0.5, 0.6) is 17.2 Å². The third kappa shape index (κ3) is 5.26. The number of carbonyl (C=O) groups is 1. The lowest BCUT2D eigenvalue weighted by atomic mass is 10.1. The van der Waals surface area contributed by atoms with E-state index in [2.05, 4.69) is 10.5 Å². The molecule has 0 aliphatic heterocycles. The molecule has 2 aromatic rings. The highest BCUT2D eigenvalue weighted by molar-refractivity contribution is 5.96. The molecule has 2 rings (SSSR count). The van der Waals surface area contributed by atoms with Gasteiger partial charge in [-0.25, -0.2) is 5.43 Å². The van der Waals surface area contributed by atoms with Crippen LogP contribution in [-0.4, -0.2) is 47.5 Å². The third-order valence-corrected chi connectivity index (χ3v) is 3.95. The Bertz CT molecular complexity index is 833. The van der Waals surface area contributed by atoms with E-state index in [4.69, 9.17) is 14.2 Å². The summed E-state index contributed by atoms with van der Waals surface area (Å²) in [4.78, 5) is 14.3. The molecule has 148 valence electrons. The van der Waals surface area contributed by atoms with Gasteiger partial charge in [-0.3, -0.25) is 4.79 Å². The van der Waals surface area contributed by atoms with Crippen LogP contribution in [-0.2, 0) is 0 Å². The van der Waals surface area contributed by atoms with Gasteiger partial charge in [-0.05, 0) is 35.9 Å². The van der Waals surface area contributed by atoms with Gasteiger partial charge in [-0.2, -0.15) is 5.10 Å². The second-order valence-corrected chi connectivity index (χ2v) is 5.98. The van der Waals surface area contributed by atoms with Gasteiger partial charge in [0, 0.05) is 31.6 Å². The maximum absolute atomic E-state index is 12.3. The van der Waals surface area contributed by atoms with Crippen molar-refractivity contribution in [3.63, 3.8) is 0 Å². The summed E-state index contributed by atoms with van der Waals surface area (Å²) in [5.41, 5.74) is 4.98. The number of allylic oxidation sites excluding steroid dienone is 1. The number of hydrazone groups is 1. The Morgan fingerprint density at radius 2 is 1.61 bits per heavy atom. The summed E-state index contributed by atoms with van der Waals surface area (Å²) < 4.78 is 15.7. The Morgan fingerprint density at radius 1 is 1.00 bits per heavy atom. The molecule has 7 heteroatoms. The molecule has 0 radical (unpaired) electrons. The second kappa shape index (κ2) is 10.0. The zero-order valence-electron chi connectivity index (χ0n) is 16.7. The van der Waals surface area contributed by atoms with Crippen molar-refractivity contribution in [1.29, 1.82) is 0 Å². The van der Waals surface area contributed by atoms with Crippen LogP contribution in [0.1, 0.15) is 15.9 Å². The number of nitrogens with one attached hydrogen (secondary N) is 1. The zero-order chi connectivity index (χ0) is 20.5. The summed E-state index contributed by atoms with van der Waals surface area (Å²) in [7, 11) is 8.48. The minimum Gasteiger partial charge on any atom is -0.493 e. The van der Waals surface area contributed by atoms with Crippen LogP contribution in [0.25, 0.3) is 6.08 Å². The molecular formula is C21H25N3O4. The number of benzene rings is 2. The summed E-state index contributed by atoms with van der Waals surface area (Å²) in [5, 5.41) is 3.93. The van der Waals surface area contributed by atoms with E-state index in [-0.39, 0.29) is 5.91 Å². The number of ether oxygens (including phenoxy) is 3. The molecule has 0 saturated heterocycles. The predicted molar refractivity (Wildman–Crippen MR) is 112 cm³/mol. The van der Waals surface area contributed by atoms with Gasteiger partial charge >= 0.3 is 0 Å². The molecule has 0 atom stereocenters. The Morgan fingerprint density at radius 3 is 2.11 bits per heavy atom. The number of rotatable bonds is 8. The fourth-order valence-electron chi connectivity index (χ4n) is 2.45. The summed E-state index contributed by atoms with van der Waals surface area (Å²) >= 11 is 0. The van der Waals surface area contributed by atoms with E-state index in [0.29, 0.717) is 22.8 Å². The lowest BCUT2D eigenvalue weighted by Gasteiger charge is -2.13. The zero-order valence-corrected chi connectivity index (χ0v) is 16.7. The molecule has 0 fully saturated rings. The van der Waals surface area contributed by atoms with Crippen molar-refractivity contribution in [2.45, 2.75) is 0 Å². The van der Waals surface area contributed by atoms with E-state index < -0.39 is 0 Å². The first-order valence-corrected chi connectivity index (χ1v) is 8.57. The Labute approximate surface area is 165 Å². The molecule has 0 aliphatic rings. The SMILES string of the molecule is COc1cc(C(=O)N/N=C/C=C/c2ccc(N(C)C)cc2)cc(OC)c1OC. The third-order valence-electron chi connectivity index (χ3n) is 3.95. The van der Waals surface area contributed by atoms with Gasteiger partial charge in [0.05, 0.1) is 21.3 Å². The van der Waals surface area contributed by atoms with E-state index in [1.165, 1.54) is 27.5 Å². The van der Waals surface area contributed by atoms with Crippen molar-refractivity contribution in [2.75, 3.05) is 40.3 Å². The van der Waals surface area contributed by atoms with Crippen LogP contribution < -0.4 is 24.5 Å². The summed E-state index contributed by atoms with van der Waals surface area (Å²) in [5.74, 6) is 0.835. The van der Waals surface area contributed by atoms with Crippen LogP contribution in [0.3, 0.4) is 0 Å². The molecule has 0 bridgehead atoms. The first-order valence-electron chi connectivity index (χ1n) is 8.57. The van der Waals surface area contributed by atoms with E-state index in [1.807, 2.05) is 49.3 Å². The molecule has 0 unspecified atom stereocenters. The van der Waals surface area contributed by atoms with Gasteiger partial charge < -0.3 is 19.1 Å². The topological polar surface area (TPSA) is 72.4 Å². The van der Waals surface area contributed by atoms with Gasteiger partial charge in [-0.1, -0.05) is 18.2 Å². The fraction of sp³-hybridized carbons (Fsp3) is 0.238. The van der Waals surface area contributed by atoms with Crippen LogP contribution in [0.2, 0.25) is 0 Å². The minimum atomic E-state index is -0.390. The number of nitrogens with zero attached hydrogens (tertiary/aromatic N) is 2. The second-order valence-electron chi connectivity index (χ2n) is 5.98. The van der Waals surface area contributed by atoms with Crippen LogP contribution in [0.4, 0.5) is 5.69 Å². The first-order chi connectivity index (χ1) is 13.5. The van der Waals surface area contributed by atoms with E-state index >= 15 is 0 Å². The lowest BCUT2D eigenvalue weighted by Crippen LogP contribution is -2.17. The van der Waals surface area contributed by atoms with Crippen molar-refractivity contribution in [2.24, 2.45) is 5.10 Å². The van der Waals surface area contributed by atoms with E-state index in [0.717, 1.165) is 11.3 Å². The molecule has 0 aliphatic carbocycles. The van der Waals surface area contributed by atoms with Gasteiger partial charge in [-0.15, -0.1) is 0 Å². The lowest BCUT2D eigenvalue weighted by molar-refractivity contribution is 0.0954. The predicted octanol–water partition coefficient (Wildman–Crippen LogP) is 3.21. The molecule has 2 aromatic carbocycles. The summed E-state index contributed by atoms with van der Waals surface area (Å²) in [6, 6.07) is 11.2. The Balaban J connectivity index is 2.01. The Hall–Kier alpha value is -3.48. The quantitative estimate of drug-likeness (QED) is 0.560. The monoisotopic (exact) mass is 383 g/mol. The molecule has 28 heavy (non-hydrogen) atoms. The van der Waals surface area contributed by atoms with Crippen LogP contribution in [0.15, 0.2) is 47.6 Å². The van der Waals surface area contributed by atoms with E-state index in [1.54, 1.807) is 18.2 Å². The van der Waals surface area contributed by atoms with E-state index in [9.17, 15) is 4.79 Å². The van der Waals surface area contributed by atoms with Crippen molar-refractivity contribution in [1.82, 2.24) is 5.43 Å². The van der Waals surface area contributed by atoms with Gasteiger partial charge in [0.2, 0.25) is 5.75 Å². The summed E-state index contributed by atoms with van der Waals surface area (Å²) in [6.45, 7) is 0. The average Bonchev–Trinajstić information content (AvgIpc) is 2.72. The number of amides is 1. The van der Waals surface area contributed by atoms with Gasteiger partial charge in [0.25, 0.3) is 5.91 Å². The molecule has 7 nitrogen and oxygen atoms in total. The maximum atomic E-state index is 12.3. The standard InChI is InChI=1S/C21H25N3O4/c1-24(2)17-10-8-15(9-11-17)7-6-12-22-23-21(25)16-13-18(26-3)20(28-5)19(14-16)27-4/h6-14H,1-5H3,(H,23,25)/b7-6+,22-12+. The van der Waals surface area contributed by atoms with Gasteiger partial charge in [0.1, 0.15) is 0 Å². The van der Waals surface area contributed by atoms with Crippen molar-refractivity contribution >= 4 is 23.9 Å². The number of carbonyl (C=O) groups excluding carboxylic acids is 1. The number of anilines is 1. The molecule has 0 spiro atoms. The maximum Gasteiger partial charge on any atom is 0.271 e. The smallest absolute Gasteiger partial charge is 0.271 e. The highest BCUT2D eigenvalue weighted by Gasteiger charge is 2.16. The molecular weight excluding hydrogens is 358 g/mol. The highest BCUT2D eigenvalue weighted by Crippen LogP contribution is 2.38. The number of hydrogen-bond donors (Lipinski definition) is 1. The minimum absolute atomic E-state index is 0.343. The normalized spacial score (nSPS) is 10.9. The van der Waals surface area contributed by atoms with Crippen LogP contribution in [0, 0.1) is 0 Å². The van der Waals surface area contributed by atoms with Crippen molar-refractivity contribution in [3.05, 3.63) is 53.6 Å². The average molecular weight is 383 g/mol. The molecule has 1 amide bonds. The Kier molecular flexibility index (Phi) is 7.45. The number of hydrogen-bond acceptors (Lipinski definition) is 6. The summed E-state index contributed by atoms with van der Waals surface area (Å²) in [6.07, 6.45) is 5.16. The van der Waals surface area contributed by atoms with Gasteiger partial charge in [0.15, 0.2) is 11.5 Å². The number of methoxy groups -OCH3 is 3. The molecule has 0 heterocycles. The molecule has 0 saturated carbocycles. The van der Waals surface area contributed by atoms with Crippen LogP contribution >= 0.6 is 0 Å².